The summed E-state index contributed by atoms with van der Waals surface area (Å²) < 4.78 is 0. The molecule has 2 amide bonds. The lowest BCUT2D eigenvalue weighted by Gasteiger charge is -2.21. The van der Waals surface area contributed by atoms with Gasteiger partial charge in [-0.05, 0) is 26.0 Å². The number of hydrogen-bond acceptors (Lipinski definition) is 4. The number of nitrogens with zero attached hydrogens (tertiary/aromatic N) is 2. The van der Waals surface area contributed by atoms with Gasteiger partial charge in [0.25, 0.3) is 0 Å². The highest BCUT2D eigenvalue weighted by atomic mass is 16.3. The van der Waals surface area contributed by atoms with Gasteiger partial charge in [-0.3, -0.25) is 0 Å². The molecule has 18 heavy (non-hydrogen) atoms. The van der Waals surface area contributed by atoms with E-state index in [-0.39, 0.29) is 5.75 Å². The van der Waals surface area contributed by atoms with Gasteiger partial charge in [0, 0.05) is 30.4 Å². The number of hydrazone groups is 1. The van der Waals surface area contributed by atoms with Crippen molar-refractivity contribution in [1.82, 2.24) is 5.43 Å². The van der Waals surface area contributed by atoms with Crippen molar-refractivity contribution in [2.75, 3.05) is 18.0 Å². The third-order valence-corrected chi connectivity index (χ3v) is 2.52. The van der Waals surface area contributed by atoms with Gasteiger partial charge in [-0.2, -0.15) is 5.10 Å². The Morgan fingerprint density at radius 1 is 1.50 bits per heavy atom. The first kappa shape index (κ1) is 13.8. The molecular weight excluding hydrogens is 232 g/mol. The van der Waals surface area contributed by atoms with Crippen LogP contribution in [0.4, 0.5) is 10.5 Å². The number of urea groups is 1. The van der Waals surface area contributed by atoms with Gasteiger partial charge in [0.15, 0.2) is 0 Å². The second kappa shape index (κ2) is 6.48. The SMILES string of the molecule is CCN(CC)c1ccc(/C=N/NC(N)=O)c(O)c1. The lowest BCUT2D eigenvalue weighted by atomic mass is 10.2. The molecule has 0 bridgehead atoms. The van der Waals surface area contributed by atoms with Gasteiger partial charge in [0.1, 0.15) is 5.75 Å². The highest BCUT2D eigenvalue weighted by Gasteiger charge is 2.05. The molecule has 4 N–H and O–H groups in total. The molecule has 1 aromatic carbocycles. The van der Waals surface area contributed by atoms with E-state index in [1.54, 1.807) is 12.1 Å². The Morgan fingerprint density at radius 3 is 2.67 bits per heavy atom. The topological polar surface area (TPSA) is 91.0 Å². The van der Waals surface area contributed by atoms with Gasteiger partial charge >= 0.3 is 6.03 Å². The number of amides is 2. The minimum atomic E-state index is -0.745. The fraction of sp³-hybridized carbons (Fsp3) is 0.333. The maximum Gasteiger partial charge on any atom is 0.332 e. The van der Waals surface area contributed by atoms with Crippen molar-refractivity contribution >= 4 is 17.9 Å². The van der Waals surface area contributed by atoms with Crippen LogP contribution in [0.2, 0.25) is 0 Å². The standard InChI is InChI=1S/C12H18N4O2/c1-3-16(4-2)10-6-5-9(11(17)7-10)8-14-15-12(13)18/h5-8,17H,3-4H2,1-2H3,(H3,13,15,18)/b14-8+. The Morgan fingerprint density at radius 2 is 2.17 bits per heavy atom. The quantitative estimate of drug-likeness (QED) is 0.542. The van der Waals surface area contributed by atoms with E-state index in [1.165, 1.54) is 6.21 Å². The number of benzene rings is 1. The molecule has 0 unspecified atom stereocenters. The van der Waals surface area contributed by atoms with Crippen LogP contribution in [0.25, 0.3) is 0 Å². The van der Waals surface area contributed by atoms with E-state index in [2.05, 4.69) is 15.4 Å². The average molecular weight is 250 g/mol. The third-order valence-electron chi connectivity index (χ3n) is 2.52. The van der Waals surface area contributed by atoms with E-state index in [1.807, 2.05) is 19.9 Å². The zero-order valence-corrected chi connectivity index (χ0v) is 10.6. The van der Waals surface area contributed by atoms with Gasteiger partial charge < -0.3 is 15.7 Å². The largest absolute Gasteiger partial charge is 0.507 e. The number of aromatic hydroxyl groups is 1. The predicted molar refractivity (Wildman–Crippen MR) is 72.0 cm³/mol. The second-order valence-electron chi connectivity index (χ2n) is 3.65. The van der Waals surface area contributed by atoms with Crippen molar-refractivity contribution in [1.29, 1.82) is 0 Å². The molecule has 98 valence electrons. The fourth-order valence-electron chi connectivity index (χ4n) is 1.59. The molecule has 0 aliphatic heterocycles. The number of nitrogens with one attached hydrogen (secondary N) is 1. The molecule has 0 saturated heterocycles. The molecule has 0 atom stereocenters. The van der Waals surface area contributed by atoms with Crippen molar-refractivity contribution in [2.45, 2.75) is 13.8 Å². The highest BCUT2D eigenvalue weighted by molar-refractivity contribution is 5.85. The van der Waals surface area contributed by atoms with Crippen LogP contribution in [0.3, 0.4) is 0 Å². The van der Waals surface area contributed by atoms with Crippen molar-refractivity contribution < 1.29 is 9.90 Å². The lowest BCUT2D eigenvalue weighted by molar-refractivity contribution is 0.249. The van der Waals surface area contributed by atoms with E-state index in [9.17, 15) is 9.90 Å². The molecule has 0 aliphatic carbocycles. The number of carbonyl (C=O) groups is 1. The van der Waals surface area contributed by atoms with Crippen LogP contribution < -0.4 is 16.1 Å². The number of phenolic OH excluding ortho intramolecular Hbond substituents is 1. The Kier molecular flexibility index (Phi) is 4.98. The summed E-state index contributed by atoms with van der Waals surface area (Å²) in [6.07, 6.45) is 1.34. The second-order valence-corrected chi connectivity index (χ2v) is 3.65. The van der Waals surface area contributed by atoms with Crippen LogP contribution in [-0.2, 0) is 0 Å². The maximum absolute atomic E-state index is 10.4. The van der Waals surface area contributed by atoms with Crippen molar-refractivity contribution in [3.05, 3.63) is 23.8 Å². The summed E-state index contributed by atoms with van der Waals surface area (Å²) in [6.45, 7) is 5.83. The third kappa shape index (κ3) is 3.65. The maximum atomic E-state index is 10.4. The van der Waals surface area contributed by atoms with Crippen LogP contribution in [-0.4, -0.2) is 30.4 Å². The van der Waals surface area contributed by atoms with Gasteiger partial charge in [-0.1, -0.05) is 0 Å². The van der Waals surface area contributed by atoms with Crippen LogP contribution in [0.5, 0.6) is 5.75 Å². The Labute approximate surface area is 106 Å². The summed E-state index contributed by atoms with van der Waals surface area (Å²) in [4.78, 5) is 12.5. The van der Waals surface area contributed by atoms with Crippen molar-refractivity contribution in [3.8, 4) is 5.75 Å². The van der Waals surface area contributed by atoms with Crippen LogP contribution in [0.15, 0.2) is 23.3 Å². The minimum absolute atomic E-state index is 0.106. The molecule has 0 aliphatic rings. The van der Waals surface area contributed by atoms with Crippen molar-refractivity contribution in [2.24, 2.45) is 10.8 Å². The molecular formula is C12H18N4O2. The summed E-state index contributed by atoms with van der Waals surface area (Å²) in [6, 6.07) is 4.54. The zero-order valence-electron chi connectivity index (χ0n) is 10.6. The molecule has 0 fully saturated rings. The van der Waals surface area contributed by atoms with Gasteiger partial charge in [-0.25, -0.2) is 10.2 Å². The van der Waals surface area contributed by atoms with Gasteiger partial charge in [0.05, 0.1) is 6.21 Å². The normalized spacial score (nSPS) is 10.6. The number of primary amides is 1. The number of hydrogen-bond donors (Lipinski definition) is 3. The van der Waals surface area contributed by atoms with E-state index < -0.39 is 6.03 Å². The highest BCUT2D eigenvalue weighted by Crippen LogP contribution is 2.23. The number of nitrogens with two attached hydrogens (primary N) is 1. The van der Waals surface area contributed by atoms with Crippen LogP contribution >= 0.6 is 0 Å². The molecule has 0 radical (unpaired) electrons. The van der Waals surface area contributed by atoms with Gasteiger partial charge in [-0.15, -0.1) is 0 Å². The summed E-state index contributed by atoms with van der Waals surface area (Å²) in [5.74, 6) is 0.106. The van der Waals surface area contributed by atoms with Crippen LogP contribution in [0.1, 0.15) is 19.4 Å². The van der Waals surface area contributed by atoms with Crippen molar-refractivity contribution in [3.63, 3.8) is 0 Å². The summed E-state index contributed by atoms with van der Waals surface area (Å²) in [5, 5.41) is 13.4. The summed E-state index contributed by atoms with van der Waals surface area (Å²) in [5.41, 5.74) is 8.38. The van der Waals surface area contributed by atoms with Gasteiger partial charge in [0.2, 0.25) is 0 Å². The number of phenols is 1. The monoisotopic (exact) mass is 250 g/mol. The zero-order chi connectivity index (χ0) is 13.5. The number of anilines is 1. The molecule has 1 aromatic rings. The Bertz CT molecular complexity index is 442. The molecule has 0 saturated carbocycles. The summed E-state index contributed by atoms with van der Waals surface area (Å²) in [7, 11) is 0. The van der Waals surface area contributed by atoms with E-state index >= 15 is 0 Å². The first-order valence-corrected chi connectivity index (χ1v) is 5.75. The van der Waals surface area contributed by atoms with E-state index in [0.717, 1.165) is 18.8 Å². The van der Waals surface area contributed by atoms with E-state index in [4.69, 9.17) is 5.73 Å². The number of rotatable bonds is 5. The fourth-order valence-corrected chi connectivity index (χ4v) is 1.59. The first-order valence-electron chi connectivity index (χ1n) is 5.75. The molecule has 0 aromatic heterocycles. The molecule has 0 heterocycles. The van der Waals surface area contributed by atoms with E-state index in [0.29, 0.717) is 5.56 Å². The number of carbonyl (C=O) groups excluding carboxylic acids is 1. The molecule has 1 rings (SSSR count). The smallest absolute Gasteiger partial charge is 0.332 e. The predicted octanol–water partition coefficient (Wildman–Crippen LogP) is 1.24. The average Bonchev–Trinajstić information content (AvgIpc) is 2.33. The molecule has 0 spiro atoms. The summed E-state index contributed by atoms with van der Waals surface area (Å²) >= 11 is 0. The lowest BCUT2D eigenvalue weighted by Crippen LogP contribution is -2.24. The Balaban J connectivity index is 2.85. The first-order chi connectivity index (χ1) is 8.58. The molecule has 6 nitrogen and oxygen atoms in total. The molecule has 6 heteroatoms. The Hall–Kier alpha value is -2.24. The van der Waals surface area contributed by atoms with Crippen LogP contribution in [0, 0.1) is 0 Å². The minimum Gasteiger partial charge on any atom is -0.507 e.